The smallest absolute Gasteiger partial charge is 0.356 e. The molecule has 1 fully saturated rings. The van der Waals surface area contributed by atoms with E-state index in [2.05, 4.69) is 45.8 Å². The third-order valence-electron chi connectivity index (χ3n) is 4.96. The first-order chi connectivity index (χ1) is 16.2. The van der Waals surface area contributed by atoms with Crippen LogP contribution >= 0.6 is 0 Å². The number of benzene rings is 2. The molecule has 1 aliphatic carbocycles. The number of aliphatic imine (C=N–C) groups is 2. The Labute approximate surface area is 195 Å². The third-order valence-corrected chi connectivity index (χ3v) is 4.96. The van der Waals surface area contributed by atoms with Crippen molar-refractivity contribution in [2.45, 2.75) is 25.1 Å². The molecular formula is C25H25F4N5. The molecule has 0 spiro atoms. The van der Waals surface area contributed by atoms with Crippen LogP contribution in [0.2, 0.25) is 0 Å². The van der Waals surface area contributed by atoms with E-state index in [-0.39, 0.29) is 18.2 Å². The first-order valence-corrected chi connectivity index (χ1v) is 10.5. The molecule has 0 saturated heterocycles. The largest absolute Gasteiger partial charge is 0.416 e. The molecule has 9 heteroatoms. The molecule has 0 aliphatic heterocycles. The van der Waals surface area contributed by atoms with Crippen molar-refractivity contribution in [3.05, 3.63) is 90.5 Å². The molecule has 0 heterocycles. The highest BCUT2D eigenvalue weighted by Crippen LogP contribution is 2.31. The van der Waals surface area contributed by atoms with Gasteiger partial charge in [-0.05, 0) is 61.5 Å². The molecule has 0 bridgehead atoms. The number of anilines is 2. The number of hydrogen-bond acceptors (Lipinski definition) is 4. The van der Waals surface area contributed by atoms with Crippen LogP contribution in [-0.4, -0.2) is 25.3 Å². The van der Waals surface area contributed by atoms with E-state index in [4.69, 9.17) is 0 Å². The van der Waals surface area contributed by atoms with Crippen LogP contribution in [0.3, 0.4) is 0 Å². The lowest BCUT2D eigenvalue weighted by molar-refractivity contribution is -0.137. The van der Waals surface area contributed by atoms with Crippen molar-refractivity contribution in [2.24, 2.45) is 9.98 Å². The van der Waals surface area contributed by atoms with Crippen LogP contribution in [0.5, 0.6) is 0 Å². The van der Waals surface area contributed by atoms with Crippen LogP contribution < -0.4 is 16.0 Å². The van der Waals surface area contributed by atoms with Gasteiger partial charge in [-0.15, -0.1) is 0 Å². The van der Waals surface area contributed by atoms with Gasteiger partial charge in [0.25, 0.3) is 0 Å². The molecule has 1 saturated carbocycles. The zero-order valence-corrected chi connectivity index (χ0v) is 18.4. The predicted octanol–water partition coefficient (Wildman–Crippen LogP) is 6.22. The summed E-state index contributed by atoms with van der Waals surface area (Å²) in [5, 5.41) is 9.18. The van der Waals surface area contributed by atoms with Crippen LogP contribution in [0.4, 0.5) is 28.9 Å². The van der Waals surface area contributed by atoms with E-state index in [1.807, 2.05) is 0 Å². The van der Waals surface area contributed by atoms with E-state index < -0.39 is 17.6 Å². The molecule has 3 N–H and O–H groups in total. The molecule has 0 atom stereocenters. The predicted molar refractivity (Wildman–Crippen MR) is 130 cm³/mol. The van der Waals surface area contributed by atoms with Crippen LogP contribution in [0, 0.1) is 5.82 Å². The molecule has 0 radical (unpaired) electrons. The van der Waals surface area contributed by atoms with Crippen molar-refractivity contribution >= 4 is 29.5 Å². The molecule has 178 valence electrons. The number of rotatable bonds is 10. The second kappa shape index (κ2) is 10.9. The van der Waals surface area contributed by atoms with Gasteiger partial charge in [0.1, 0.15) is 11.7 Å². The summed E-state index contributed by atoms with van der Waals surface area (Å²) >= 11 is 0. The molecule has 2 aromatic rings. The molecule has 0 unspecified atom stereocenters. The van der Waals surface area contributed by atoms with E-state index in [0.29, 0.717) is 28.6 Å². The second-order valence-electron chi connectivity index (χ2n) is 7.62. The summed E-state index contributed by atoms with van der Waals surface area (Å²) in [7, 11) is 0. The van der Waals surface area contributed by atoms with Crippen molar-refractivity contribution in [3.63, 3.8) is 0 Å². The van der Waals surface area contributed by atoms with Gasteiger partial charge in [-0.25, -0.2) is 4.39 Å². The fourth-order valence-corrected chi connectivity index (χ4v) is 3.00. The summed E-state index contributed by atoms with van der Waals surface area (Å²) in [5.41, 5.74) is 1.18. The Balaban J connectivity index is 1.96. The molecular weight excluding hydrogens is 446 g/mol. The fourth-order valence-electron chi connectivity index (χ4n) is 3.00. The monoisotopic (exact) mass is 471 g/mol. The SMILES string of the molecule is C=CC(=C)Nc1ccc(F)c(NC(=N/CNC2CC2)/C(=C\N=C)c2ccc(C(F)(F)F)cc2)c1. The van der Waals surface area contributed by atoms with Crippen LogP contribution in [0.1, 0.15) is 24.0 Å². The normalized spacial score (nSPS) is 14.5. The van der Waals surface area contributed by atoms with Gasteiger partial charge in [-0.1, -0.05) is 25.3 Å². The highest BCUT2D eigenvalue weighted by atomic mass is 19.4. The summed E-state index contributed by atoms with van der Waals surface area (Å²) < 4.78 is 53.7. The lowest BCUT2D eigenvalue weighted by Gasteiger charge is -2.16. The number of halogens is 4. The van der Waals surface area contributed by atoms with Crippen molar-refractivity contribution in [3.8, 4) is 0 Å². The highest BCUT2D eigenvalue weighted by molar-refractivity contribution is 6.28. The molecule has 0 amide bonds. The average Bonchev–Trinajstić information content (AvgIpc) is 3.63. The number of nitrogens with one attached hydrogen (secondary N) is 3. The molecule has 34 heavy (non-hydrogen) atoms. The lowest BCUT2D eigenvalue weighted by atomic mass is 10.0. The number of allylic oxidation sites excluding steroid dienone is 1. The molecule has 1 aliphatic rings. The zero-order valence-electron chi connectivity index (χ0n) is 18.4. The van der Waals surface area contributed by atoms with E-state index >= 15 is 0 Å². The van der Waals surface area contributed by atoms with E-state index in [1.54, 1.807) is 6.07 Å². The van der Waals surface area contributed by atoms with Gasteiger partial charge in [0.05, 0.1) is 17.9 Å². The van der Waals surface area contributed by atoms with E-state index in [1.165, 1.54) is 36.5 Å². The number of alkyl halides is 3. The van der Waals surface area contributed by atoms with Crippen molar-refractivity contribution in [1.82, 2.24) is 5.32 Å². The number of hydrogen-bond donors (Lipinski definition) is 3. The standard InChI is InChI=1S/C25H25F4N5/c1-4-16(2)33-20-11-12-22(26)23(13-20)34-24(32-15-31-19-9-10-19)21(14-30-3)17-5-7-18(8-6-17)25(27,28)29/h4-8,11-14,19,31,33H,1-3,9-10,15H2,(H,32,34)/b21-14-. The molecule has 2 aromatic carbocycles. The fraction of sp³-hybridized carbons (Fsp3) is 0.200. The number of amidine groups is 1. The van der Waals surface area contributed by atoms with Crippen LogP contribution in [-0.2, 0) is 6.18 Å². The Kier molecular flexibility index (Phi) is 8.01. The quantitative estimate of drug-likeness (QED) is 0.167. The lowest BCUT2D eigenvalue weighted by Crippen LogP contribution is -2.22. The topological polar surface area (TPSA) is 60.8 Å². The maximum atomic E-state index is 14.7. The Bertz CT molecular complexity index is 1110. The van der Waals surface area contributed by atoms with Gasteiger partial charge in [-0.2, -0.15) is 13.2 Å². The minimum Gasteiger partial charge on any atom is -0.356 e. The molecule has 5 nitrogen and oxygen atoms in total. The minimum absolute atomic E-state index is 0.105. The maximum absolute atomic E-state index is 14.7. The number of nitrogens with zero attached hydrogens (tertiary/aromatic N) is 2. The van der Waals surface area contributed by atoms with Crippen molar-refractivity contribution in [1.29, 1.82) is 0 Å². The van der Waals surface area contributed by atoms with Crippen molar-refractivity contribution in [2.75, 3.05) is 17.3 Å². The van der Waals surface area contributed by atoms with Gasteiger partial charge >= 0.3 is 6.18 Å². The van der Waals surface area contributed by atoms with Crippen molar-refractivity contribution < 1.29 is 17.6 Å². The van der Waals surface area contributed by atoms with Gasteiger partial charge in [0, 0.05) is 29.2 Å². The Morgan fingerprint density at radius 2 is 1.79 bits per heavy atom. The highest BCUT2D eigenvalue weighted by Gasteiger charge is 2.30. The zero-order chi connectivity index (χ0) is 24.7. The van der Waals surface area contributed by atoms with E-state index in [0.717, 1.165) is 25.0 Å². The van der Waals surface area contributed by atoms with Crippen LogP contribution in [0.15, 0.2) is 83.6 Å². The summed E-state index contributed by atoms with van der Waals surface area (Å²) in [6.45, 7) is 11.1. The summed E-state index contributed by atoms with van der Waals surface area (Å²) in [5.74, 6) is -0.324. The second-order valence-corrected chi connectivity index (χ2v) is 7.62. The van der Waals surface area contributed by atoms with Crippen LogP contribution in [0.25, 0.3) is 5.57 Å². The van der Waals surface area contributed by atoms with Gasteiger partial charge in [0.15, 0.2) is 0 Å². The Hall–Kier alpha value is -3.72. The summed E-state index contributed by atoms with van der Waals surface area (Å²) in [4.78, 5) is 8.30. The Morgan fingerprint density at radius 1 is 1.09 bits per heavy atom. The average molecular weight is 472 g/mol. The molecule has 3 rings (SSSR count). The van der Waals surface area contributed by atoms with Gasteiger partial charge < -0.3 is 10.6 Å². The first kappa shape index (κ1) is 24.9. The molecule has 0 aromatic heterocycles. The summed E-state index contributed by atoms with van der Waals surface area (Å²) in [6.07, 6.45) is 0.515. The Morgan fingerprint density at radius 3 is 2.38 bits per heavy atom. The maximum Gasteiger partial charge on any atom is 0.416 e. The summed E-state index contributed by atoms with van der Waals surface area (Å²) in [6, 6.07) is 9.28. The first-order valence-electron chi connectivity index (χ1n) is 10.5. The van der Waals surface area contributed by atoms with E-state index in [9.17, 15) is 17.6 Å². The minimum atomic E-state index is -4.46. The third kappa shape index (κ3) is 6.89. The van der Waals surface area contributed by atoms with Gasteiger partial charge in [-0.3, -0.25) is 15.3 Å². The van der Waals surface area contributed by atoms with Gasteiger partial charge in [0.2, 0.25) is 0 Å².